The Morgan fingerprint density at radius 1 is 1.20 bits per heavy atom. The van der Waals surface area contributed by atoms with Crippen LogP contribution in [0.4, 0.5) is 5.69 Å². The summed E-state index contributed by atoms with van der Waals surface area (Å²) < 4.78 is 0. The van der Waals surface area contributed by atoms with Crippen LogP contribution in [0.1, 0.15) is 30.9 Å². The lowest BCUT2D eigenvalue weighted by atomic mass is 10.1. The Hall–Kier alpha value is -1.88. The molecule has 110 valence electrons. The van der Waals surface area contributed by atoms with Gasteiger partial charge in [0.25, 0.3) is 0 Å². The van der Waals surface area contributed by atoms with Crippen molar-refractivity contribution in [1.29, 1.82) is 0 Å². The largest absolute Gasteiger partial charge is 0.480 e. The van der Waals surface area contributed by atoms with E-state index in [0.717, 1.165) is 17.5 Å². The number of amides is 1. The summed E-state index contributed by atoms with van der Waals surface area (Å²) in [5.74, 6) is -1.31. The fraction of sp³-hybridized carbons (Fsp3) is 0.467. The number of nitrogens with one attached hydrogen (secondary N) is 2. The van der Waals surface area contributed by atoms with Crippen molar-refractivity contribution < 1.29 is 14.7 Å². The Morgan fingerprint density at radius 2 is 1.80 bits per heavy atom. The van der Waals surface area contributed by atoms with Crippen LogP contribution in [-0.4, -0.2) is 29.6 Å². The second-order valence-corrected chi connectivity index (χ2v) is 4.97. The molecule has 3 N–H and O–H groups in total. The number of anilines is 1. The molecule has 0 aromatic heterocycles. The van der Waals surface area contributed by atoms with E-state index in [1.807, 2.05) is 39.0 Å². The molecule has 0 saturated heterocycles. The number of carboxylic acids is 1. The van der Waals surface area contributed by atoms with Crippen molar-refractivity contribution in [3.63, 3.8) is 0 Å². The van der Waals surface area contributed by atoms with Crippen LogP contribution in [0.2, 0.25) is 0 Å². The molecular formula is C15H22N2O3. The Kier molecular flexibility index (Phi) is 6.18. The van der Waals surface area contributed by atoms with E-state index in [0.29, 0.717) is 12.2 Å². The minimum Gasteiger partial charge on any atom is -0.480 e. The number of carbonyl (C=O) groups is 2. The van der Waals surface area contributed by atoms with E-state index in [4.69, 9.17) is 5.11 Å². The third-order valence-corrected chi connectivity index (χ3v) is 2.83. The summed E-state index contributed by atoms with van der Waals surface area (Å²) in [7, 11) is 0. The van der Waals surface area contributed by atoms with Gasteiger partial charge in [-0.05, 0) is 50.1 Å². The van der Waals surface area contributed by atoms with E-state index >= 15 is 0 Å². The van der Waals surface area contributed by atoms with E-state index < -0.39 is 12.0 Å². The van der Waals surface area contributed by atoms with Crippen LogP contribution in [0.5, 0.6) is 0 Å². The van der Waals surface area contributed by atoms with Crippen molar-refractivity contribution in [3.05, 3.63) is 29.3 Å². The maximum Gasteiger partial charge on any atom is 0.321 e. The van der Waals surface area contributed by atoms with Gasteiger partial charge in [0.15, 0.2) is 0 Å². The Labute approximate surface area is 119 Å². The smallest absolute Gasteiger partial charge is 0.321 e. The van der Waals surface area contributed by atoms with Gasteiger partial charge in [0.05, 0.1) is 6.42 Å². The van der Waals surface area contributed by atoms with Gasteiger partial charge in [-0.2, -0.15) is 0 Å². The van der Waals surface area contributed by atoms with Gasteiger partial charge in [-0.25, -0.2) is 0 Å². The number of aryl methyl sites for hydroxylation is 2. The fourth-order valence-electron chi connectivity index (χ4n) is 2.01. The molecule has 0 aliphatic heterocycles. The van der Waals surface area contributed by atoms with Crippen molar-refractivity contribution in [3.8, 4) is 0 Å². The highest BCUT2D eigenvalue weighted by Gasteiger charge is 2.20. The fourth-order valence-corrected chi connectivity index (χ4v) is 2.01. The van der Waals surface area contributed by atoms with Gasteiger partial charge in [-0.1, -0.05) is 13.0 Å². The van der Waals surface area contributed by atoms with Gasteiger partial charge in [0.2, 0.25) is 5.91 Å². The van der Waals surface area contributed by atoms with Crippen LogP contribution in [0.25, 0.3) is 0 Å². The molecule has 0 aliphatic rings. The van der Waals surface area contributed by atoms with Crippen LogP contribution in [0.15, 0.2) is 18.2 Å². The van der Waals surface area contributed by atoms with Gasteiger partial charge in [0.1, 0.15) is 6.04 Å². The number of hydrogen-bond donors (Lipinski definition) is 3. The lowest BCUT2D eigenvalue weighted by Crippen LogP contribution is -2.40. The number of aliphatic carboxylic acids is 1. The van der Waals surface area contributed by atoms with E-state index in [1.54, 1.807) is 0 Å². The molecule has 0 heterocycles. The number of carbonyl (C=O) groups excluding carboxylic acids is 1. The average Bonchev–Trinajstić information content (AvgIpc) is 2.32. The standard InChI is InChI=1S/C15H22N2O3/c1-4-5-16-13(15(19)20)9-14(18)17-12-7-10(2)6-11(3)8-12/h6-8,13,16H,4-5,9H2,1-3H3,(H,17,18)(H,19,20). The summed E-state index contributed by atoms with van der Waals surface area (Å²) in [4.78, 5) is 23.0. The van der Waals surface area contributed by atoms with Gasteiger partial charge in [-0.3, -0.25) is 9.59 Å². The van der Waals surface area contributed by atoms with E-state index in [1.165, 1.54) is 0 Å². The normalized spacial score (nSPS) is 11.9. The van der Waals surface area contributed by atoms with Crippen molar-refractivity contribution in [2.75, 3.05) is 11.9 Å². The SMILES string of the molecule is CCCNC(CC(=O)Nc1cc(C)cc(C)c1)C(=O)O. The third-order valence-electron chi connectivity index (χ3n) is 2.83. The van der Waals surface area contributed by atoms with Crippen LogP contribution in [0, 0.1) is 13.8 Å². The summed E-state index contributed by atoms with van der Waals surface area (Å²) in [5.41, 5.74) is 2.81. The molecule has 1 aromatic carbocycles. The number of rotatable bonds is 7. The monoisotopic (exact) mass is 278 g/mol. The molecule has 1 atom stereocenters. The van der Waals surface area contributed by atoms with Gasteiger partial charge in [-0.15, -0.1) is 0 Å². The molecule has 0 spiro atoms. The molecular weight excluding hydrogens is 256 g/mol. The topological polar surface area (TPSA) is 78.4 Å². The van der Waals surface area contributed by atoms with Crippen LogP contribution >= 0.6 is 0 Å². The zero-order valence-electron chi connectivity index (χ0n) is 12.2. The van der Waals surface area contributed by atoms with E-state index in [2.05, 4.69) is 10.6 Å². The van der Waals surface area contributed by atoms with Gasteiger partial charge in [0, 0.05) is 5.69 Å². The Morgan fingerprint density at radius 3 is 2.30 bits per heavy atom. The quantitative estimate of drug-likeness (QED) is 0.713. The van der Waals surface area contributed by atoms with Crippen molar-refractivity contribution in [1.82, 2.24) is 5.32 Å². The summed E-state index contributed by atoms with van der Waals surface area (Å²) in [6.45, 7) is 6.42. The average molecular weight is 278 g/mol. The Bertz CT molecular complexity index is 466. The number of hydrogen-bond acceptors (Lipinski definition) is 3. The maximum absolute atomic E-state index is 11.9. The van der Waals surface area contributed by atoms with E-state index in [-0.39, 0.29) is 12.3 Å². The molecule has 0 radical (unpaired) electrons. The number of benzene rings is 1. The van der Waals surface area contributed by atoms with Crippen LogP contribution in [-0.2, 0) is 9.59 Å². The minimum atomic E-state index is -1.01. The highest BCUT2D eigenvalue weighted by molar-refractivity contribution is 5.94. The summed E-state index contributed by atoms with van der Waals surface area (Å²) >= 11 is 0. The first-order chi connectivity index (χ1) is 9.42. The first-order valence-electron chi connectivity index (χ1n) is 6.76. The molecule has 20 heavy (non-hydrogen) atoms. The summed E-state index contributed by atoms with van der Waals surface area (Å²) in [5, 5.41) is 14.7. The zero-order valence-corrected chi connectivity index (χ0v) is 12.2. The molecule has 1 unspecified atom stereocenters. The first-order valence-corrected chi connectivity index (χ1v) is 6.76. The Balaban J connectivity index is 2.63. The lowest BCUT2D eigenvalue weighted by Gasteiger charge is -2.14. The van der Waals surface area contributed by atoms with Gasteiger partial charge < -0.3 is 15.7 Å². The zero-order chi connectivity index (χ0) is 15.1. The second kappa shape index (κ2) is 7.65. The van der Waals surface area contributed by atoms with Crippen molar-refractivity contribution in [2.45, 2.75) is 39.7 Å². The van der Waals surface area contributed by atoms with Crippen molar-refractivity contribution in [2.24, 2.45) is 0 Å². The molecule has 1 amide bonds. The molecule has 5 nitrogen and oxygen atoms in total. The molecule has 1 rings (SSSR count). The van der Waals surface area contributed by atoms with E-state index in [9.17, 15) is 9.59 Å². The van der Waals surface area contributed by atoms with Gasteiger partial charge >= 0.3 is 5.97 Å². The molecule has 5 heteroatoms. The molecule has 0 fully saturated rings. The molecule has 1 aromatic rings. The lowest BCUT2D eigenvalue weighted by molar-refractivity contribution is -0.141. The predicted octanol–water partition coefficient (Wildman–Crippen LogP) is 2.08. The summed E-state index contributed by atoms with van der Waals surface area (Å²) in [6, 6.07) is 4.89. The van der Waals surface area contributed by atoms with Crippen LogP contribution < -0.4 is 10.6 Å². The first kappa shape index (κ1) is 16.2. The minimum absolute atomic E-state index is 0.0810. The molecule has 0 bridgehead atoms. The second-order valence-electron chi connectivity index (χ2n) is 4.97. The highest BCUT2D eigenvalue weighted by atomic mass is 16.4. The predicted molar refractivity (Wildman–Crippen MR) is 78.9 cm³/mol. The van der Waals surface area contributed by atoms with Crippen LogP contribution in [0.3, 0.4) is 0 Å². The summed E-state index contributed by atoms with van der Waals surface area (Å²) in [6.07, 6.45) is 0.741. The number of carboxylic acid groups (broad SMARTS) is 1. The third kappa shape index (κ3) is 5.40. The highest BCUT2D eigenvalue weighted by Crippen LogP contribution is 2.14. The molecule has 0 aliphatic carbocycles. The molecule has 0 saturated carbocycles. The maximum atomic E-state index is 11.9. The van der Waals surface area contributed by atoms with Crippen molar-refractivity contribution >= 4 is 17.6 Å².